The number of rotatable bonds is 7. The van der Waals surface area contributed by atoms with Crippen LogP contribution in [-0.2, 0) is 6.42 Å². The van der Waals surface area contributed by atoms with Gasteiger partial charge < -0.3 is 15.4 Å². The standard InChI is InChI=1S/C20H28N4O2/c1-15(5-6-16-7-9-18(26-2)10-8-16)22-20(25)19-11-13-24(23-19)17-4-3-12-21-14-17/h7-11,13,15,17,21H,3-6,12,14H2,1-2H3,(H,22,25). The molecule has 2 unspecified atom stereocenters. The minimum atomic E-state index is -0.102. The largest absolute Gasteiger partial charge is 0.497 e. The summed E-state index contributed by atoms with van der Waals surface area (Å²) in [6.45, 7) is 4.02. The predicted octanol–water partition coefficient (Wildman–Crippen LogP) is 2.57. The second-order valence-corrected chi connectivity index (χ2v) is 6.94. The van der Waals surface area contributed by atoms with E-state index in [1.807, 2.05) is 29.9 Å². The van der Waals surface area contributed by atoms with Crippen molar-refractivity contribution >= 4 is 5.91 Å². The fourth-order valence-corrected chi connectivity index (χ4v) is 3.27. The molecule has 3 rings (SSSR count). The number of aromatic nitrogens is 2. The molecule has 1 aromatic heterocycles. The Hall–Kier alpha value is -2.34. The fraction of sp³-hybridized carbons (Fsp3) is 0.500. The number of aryl methyl sites for hydroxylation is 1. The van der Waals surface area contributed by atoms with Crippen LogP contribution in [0.1, 0.15) is 48.3 Å². The Morgan fingerprint density at radius 3 is 2.88 bits per heavy atom. The molecule has 26 heavy (non-hydrogen) atoms. The van der Waals surface area contributed by atoms with Gasteiger partial charge in [0.2, 0.25) is 0 Å². The van der Waals surface area contributed by atoms with Gasteiger partial charge in [0.25, 0.3) is 5.91 Å². The molecule has 0 saturated carbocycles. The number of benzene rings is 1. The molecule has 0 radical (unpaired) electrons. The SMILES string of the molecule is COc1ccc(CCC(C)NC(=O)c2ccn(C3CCCNC3)n2)cc1. The van der Waals surface area contributed by atoms with Gasteiger partial charge in [-0.15, -0.1) is 0 Å². The van der Waals surface area contributed by atoms with Crippen LogP contribution in [0.15, 0.2) is 36.5 Å². The summed E-state index contributed by atoms with van der Waals surface area (Å²) in [7, 11) is 1.67. The van der Waals surface area contributed by atoms with Gasteiger partial charge in [0.1, 0.15) is 11.4 Å². The summed E-state index contributed by atoms with van der Waals surface area (Å²) in [5.74, 6) is 0.758. The van der Waals surface area contributed by atoms with E-state index in [1.165, 1.54) is 5.56 Å². The van der Waals surface area contributed by atoms with E-state index >= 15 is 0 Å². The second kappa shape index (κ2) is 8.85. The number of methoxy groups -OCH3 is 1. The number of carbonyl (C=O) groups excluding carboxylic acids is 1. The van der Waals surface area contributed by atoms with E-state index in [1.54, 1.807) is 13.2 Å². The zero-order chi connectivity index (χ0) is 18.4. The summed E-state index contributed by atoms with van der Waals surface area (Å²) in [6.07, 6.45) is 5.95. The second-order valence-electron chi connectivity index (χ2n) is 6.94. The number of carbonyl (C=O) groups is 1. The summed E-state index contributed by atoms with van der Waals surface area (Å²) in [6, 6.07) is 10.3. The van der Waals surface area contributed by atoms with Gasteiger partial charge in [-0.3, -0.25) is 9.48 Å². The maximum absolute atomic E-state index is 12.4. The monoisotopic (exact) mass is 356 g/mol. The molecule has 6 heteroatoms. The van der Waals surface area contributed by atoms with Crippen LogP contribution >= 0.6 is 0 Å². The van der Waals surface area contributed by atoms with Gasteiger partial charge in [0.05, 0.1) is 13.2 Å². The molecule has 6 nitrogen and oxygen atoms in total. The molecular formula is C20H28N4O2. The molecule has 1 fully saturated rings. The van der Waals surface area contributed by atoms with E-state index < -0.39 is 0 Å². The molecule has 1 aromatic carbocycles. The number of nitrogens with zero attached hydrogens (tertiary/aromatic N) is 2. The van der Waals surface area contributed by atoms with Gasteiger partial charge in [-0.05, 0) is 62.9 Å². The van der Waals surface area contributed by atoms with Gasteiger partial charge in [-0.1, -0.05) is 12.1 Å². The number of hydrogen-bond acceptors (Lipinski definition) is 4. The topological polar surface area (TPSA) is 68.2 Å². The first-order valence-electron chi connectivity index (χ1n) is 9.35. The molecule has 140 valence electrons. The van der Waals surface area contributed by atoms with E-state index in [0.29, 0.717) is 11.7 Å². The third-order valence-corrected chi connectivity index (χ3v) is 4.89. The van der Waals surface area contributed by atoms with E-state index in [0.717, 1.165) is 44.5 Å². The first kappa shape index (κ1) is 18.5. The molecule has 2 heterocycles. The van der Waals surface area contributed by atoms with Crippen LogP contribution in [0.2, 0.25) is 0 Å². The van der Waals surface area contributed by atoms with Crippen LogP contribution in [0.25, 0.3) is 0 Å². The van der Waals surface area contributed by atoms with Crippen LogP contribution < -0.4 is 15.4 Å². The Bertz CT molecular complexity index is 705. The highest BCUT2D eigenvalue weighted by Gasteiger charge is 2.18. The predicted molar refractivity (Wildman–Crippen MR) is 102 cm³/mol. The highest BCUT2D eigenvalue weighted by molar-refractivity contribution is 5.92. The third-order valence-electron chi connectivity index (χ3n) is 4.89. The molecule has 0 bridgehead atoms. The Morgan fingerprint density at radius 2 is 2.19 bits per heavy atom. The molecule has 0 aliphatic carbocycles. The maximum atomic E-state index is 12.4. The smallest absolute Gasteiger partial charge is 0.271 e. The first-order chi connectivity index (χ1) is 12.7. The van der Waals surface area contributed by atoms with Crippen molar-refractivity contribution in [3.8, 4) is 5.75 Å². The minimum Gasteiger partial charge on any atom is -0.497 e. The van der Waals surface area contributed by atoms with E-state index in [2.05, 4.69) is 27.9 Å². The van der Waals surface area contributed by atoms with Crippen LogP contribution in [0.4, 0.5) is 0 Å². The van der Waals surface area contributed by atoms with E-state index in [9.17, 15) is 4.79 Å². The number of hydrogen-bond donors (Lipinski definition) is 2. The van der Waals surface area contributed by atoms with Crippen molar-refractivity contribution in [1.29, 1.82) is 0 Å². The van der Waals surface area contributed by atoms with Crippen LogP contribution in [0.3, 0.4) is 0 Å². The van der Waals surface area contributed by atoms with Crippen molar-refractivity contribution in [3.63, 3.8) is 0 Å². The summed E-state index contributed by atoms with van der Waals surface area (Å²) in [5, 5.41) is 10.9. The van der Waals surface area contributed by atoms with Crippen LogP contribution in [0, 0.1) is 0 Å². The quantitative estimate of drug-likeness (QED) is 0.800. The summed E-state index contributed by atoms with van der Waals surface area (Å²) >= 11 is 0. The average Bonchev–Trinajstić information content (AvgIpc) is 3.18. The molecule has 1 saturated heterocycles. The molecule has 1 amide bonds. The molecule has 1 aliphatic heterocycles. The van der Waals surface area contributed by atoms with Crippen LogP contribution in [0.5, 0.6) is 5.75 Å². The Morgan fingerprint density at radius 1 is 1.38 bits per heavy atom. The number of piperidine rings is 1. The molecular weight excluding hydrogens is 328 g/mol. The van der Waals surface area contributed by atoms with Crippen molar-refractivity contribution in [1.82, 2.24) is 20.4 Å². The highest BCUT2D eigenvalue weighted by atomic mass is 16.5. The Balaban J connectivity index is 1.48. The van der Waals surface area contributed by atoms with E-state index in [-0.39, 0.29) is 11.9 Å². The van der Waals surface area contributed by atoms with Crippen LogP contribution in [-0.4, -0.2) is 41.9 Å². The normalized spacial score (nSPS) is 18.3. The van der Waals surface area contributed by atoms with Crippen molar-refractivity contribution in [3.05, 3.63) is 47.8 Å². The van der Waals surface area contributed by atoms with Crippen molar-refractivity contribution in [2.75, 3.05) is 20.2 Å². The van der Waals surface area contributed by atoms with Crippen molar-refractivity contribution in [2.24, 2.45) is 0 Å². The lowest BCUT2D eigenvalue weighted by atomic mass is 10.1. The maximum Gasteiger partial charge on any atom is 0.271 e. The minimum absolute atomic E-state index is 0.0890. The summed E-state index contributed by atoms with van der Waals surface area (Å²) in [4.78, 5) is 12.4. The number of nitrogens with one attached hydrogen (secondary N) is 2. The third kappa shape index (κ3) is 4.85. The van der Waals surface area contributed by atoms with Gasteiger partial charge in [-0.2, -0.15) is 5.10 Å². The number of ether oxygens (including phenoxy) is 1. The zero-order valence-electron chi connectivity index (χ0n) is 15.6. The summed E-state index contributed by atoms with van der Waals surface area (Å²) < 4.78 is 7.09. The Kier molecular flexibility index (Phi) is 6.28. The van der Waals surface area contributed by atoms with Crippen molar-refractivity contribution in [2.45, 2.75) is 44.7 Å². The molecule has 2 N–H and O–H groups in total. The zero-order valence-corrected chi connectivity index (χ0v) is 15.6. The number of amides is 1. The van der Waals surface area contributed by atoms with E-state index in [4.69, 9.17) is 4.74 Å². The molecule has 2 atom stereocenters. The first-order valence-corrected chi connectivity index (χ1v) is 9.35. The Labute approximate surface area is 154 Å². The molecule has 0 spiro atoms. The lowest BCUT2D eigenvalue weighted by molar-refractivity contribution is 0.0932. The molecule has 1 aliphatic rings. The molecule has 2 aromatic rings. The lowest BCUT2D eigenvalue weighted by Gasteiger charge is -2.22. The summed E-state index contributed by atoms with van der Waals surface area (Å²) in [5.41, 5.74) is 1.73. The van der Waals surface area contributed by atoms with Crippen molar-refractivity contribution < 1.29 is 9.53 Å². The van der Waals surface area contributed by atoms with Gasteiger partial charge >= 0.3 is 0 Å². The highest BCUT2D eigenvalue weighted by Crippen LogP contribution is 2.16. The lowest BCUT2D eigenvalue weighted by Crippen LogP contribution is -2.34. The van der Waals surface area contributed by atoms with Gasteiger partial charge in [0.15, 0.2) is 0 Å². The van der Waals surface area contributed by atoms with Gasteiger partial charge in [-0.25, -0.2) is 0 Å². The average molecular weight is 356 g/mol. The fourth-order valence-electron chi connectivity index (χ4n) is 3.27. The van der Waals surface area contributed by atoms with Gasteiger partial charge in [0, 0.05) is 18.8 Å².